The van der Waals surface area contributed by atoms with Gasteiger partial charge in [-0.1, -0.05) is 36.6 Å². The van der Waals surface area contributed by atoms with Gasteiger partial charge in [-0.25, -0.2) is 4.98 Å². The molecule has 3 rings (SSSR count). The minimum Gasteiger partial charge on any atom is -0.494 e. The van der Waals surface area contributed by atoms with Crippen molar-refractivity contribution in [2.24, 2.45) is 5.10 Å². The summed E-state index contributed by atoms with van der Waals surface area (Å²) in [5, 5.41) is 11.9. The summed E-state index contributed by atoms with van der Waals surface area (Å²) in [5.41, 5.74) is 2.11. The van der Waals surface area contributed by atoms with E-state index in [1.54, 1.807) is 42.6 Å². The number of anilines is 2. The normalized spacial score (nSPS) is 10.5. The van der Waals surface area contributed by atoms with Gasteiger partial charge in [0.15, 0.2) is 0 Å². The fraction of sp³-hybridized carbons (Fsp3) is 0.185. The summed E-state index contributed by atoms with van der Waals surface area (Å²) in [4.78, 5) is 30.2. The number of rotatable bonds is 9. The van der Waals surface area contributed by atoms with Crippen LogP contribution >= 0.6 is 11.6 Å². The fourth-order valence-electron chi connectivity index (χ4n) is 3.24. The summed E-state index contributed by atoms with van der Waals surface area (Å²) in [6.45, 7) is 2.93. The van der Waals surface area contributed by atoms with Gasteiger partial charge in [0.25, 0.3) is 11.8 Å². The number of hydrazone groups is 1. The van der Waals surface area contributed by atoms with Crippen LogP contribution in [0.4, 0.5) is 11.5 Å². The second-order valence-electron chi connectivity index (χ2n) is 7.76. The molecule has 0 saturated carbocycles. The van der Waals surface area contributed by atoms with Crippen LogP contribution in [0, 0.1) is 12.3 Å². The first-order valence-corrected chi connectivity index (χ1v) is 11.5. The highest BCUT2D eigenvalue weighted by atomic mass is 35.5. The van der Waals surface area contributed by atoms with Crippen LogP contribution in [-0.2, 0) is 0 Å². The van der Waals surface area contributed by atoms with E-state index < -0.39 is 11.8 Å². The van der Waals surface area contributed by atoms with Gasteiger partial charge in [0, 0.05) is 42.0 Å². The number of hydrogen-bond acceptors (Lipinski definition) is 6. The smallest absolute Gasteiger partial charge is 0.259 e. The lowest BCUT2D eigenvalue weighted by Gasteiger charge is -2.16. The Hall–Kier alpha value is -4.35. The number of halogens is 1. The summed E-state index contributed by atoms with van der Waals surface area (Å²) in [5.74, 6) is 2.03. The Morgan fingerprint density at radius 1 is 1.17 bits per heavy atom. The number of methoxy groups -OCH3 is 1. The van der Waals surface area contributed by atoms with Crippen LogP contribution in [0.25, 0.3) is 0 Å². The summed E-state index contributed by atoms with van der Waals surface area (Å²) in [6, 6.07) is 13.1. The molecule has 0 aliphatic carbocycles. The van der Waals surface area contributed by atoms with Crippen molar-refractivity contribution < 1.29 is 14.3 Å². The van der Waals surface area contributed by atoms with Crippen LogP contribution in [0.1, 0.15) is 45.2 Å². The zero-order valence-corrected chi connectivity index (χ0v) is 21.0. The van der Waals surface area contributed by atoms with Crippen LogP contribution in [0.15, 0.2) is 59.8 Å². The van der Waals surface area contributed by atoms with Crippen LogP contribution in [0.3, 0.4) is 0 Å². The topological polar surface area (TPSA) is 95.9 Å². The predicted octanol–water partition coefficient (Wildman–Crippen LogP) is 4.91. The summed E-state index contributed by atoms with van der Waals surface area (Å²) >= 11 is 6.20. The zero-order chi connectivity index (χ0) is 26.1. The Bertz CT molecular complexity index is 1300. The number of amides is 2. The standard InChI is InChI=1S/C27H26ClN5O3/c1-5-13-33(3)30-17-19-7-10-20(11-8-19)26(34)32-25-22(14-21(28)15-23(25)36-4)27(35)31-24-12-9-18(6-2)16-29-24/h2,7-12,14-17H,5,13H2,1,3-4H3,(H,32,34)(H,29,31,35). The van der Waals surface area contributed by atoms with E-state index in [-0.39, 0.29) is 27.8 Å². The van der Waals surface area contributed by atoms with E-state index in [2.05, 4.69) is 33.6 Å². The maximum Gasteiger partial charge on any atom is 0.259 e. The van der Waals surface area contributed by atoms with E-state index in [1.807, 2.05) is 12.1 Å². The van der Waals surface area contributed by atoms with Gasteiger partial charge in [-0.2, -0.15) is 5.10 Å². The number of terminal acetylenes is 1. The Morgan fingerprint density at radius 3 is 2.53 bits per heavy atom. The second kappa shape index (κ2) is 12.4. The first-order valence-electron chi connectivity index (χ1n) is 11.1. The van der Waals surface area contributed by atoms with Gasteiger partial charge in [0.1, 0.15) is 11.6 Å². The molecule has 3 aromatic rings. The number of benzene rings is 2. The van der Waals surface area contributed by atoms with Gasteiger partial charge in [-0.05, 0) is 42.3 Å². The highest BCUT2D eigenvalue weighted by Crippen LogP contribution is 2.33. The Morgan fingerprint density at radius 2 is 1.92 bits per heavy atom. The quantitative estimate of drug-likeness (QED) is 0.246. The summed E-state index contributed by atoms with van der Waals surface area (Å²) in [6.07, 6.45) is 9.54. The molecule has 1 aromatic heterocycles. The van der Waals surface area contributed by atoms with Crippen LogP contribution in [0.2, 0.25) is 5.02 Å². The van der Waals surface area contributed by atoms with Crippen molar-refractivity contribution in [3.8, 4) is 18.1 Å². The number of hydrogen-bond donors (Lipinski definition) is 2. The highest BCUT2D eigenvalue weighted by Gasteiger charge is 2.20. The van der Waals surface area contributed by atoms with Crippen molar-refractivity contribution in [1.82, 2.24) is 9.99 Å². The molecular weight excluding hydrogens is 478 g/mol. The van der Waals surface area contributed by atoms with Gasteiger partial charge in [0.2, 0.25) is 0 Å². The van der Waals surface area contributed by atoms with E-state index in [9.17, 15) is 9.59 Å². The van der Waals surface area contributed by atoms with E-state index in [4.69, 9.17) is 22.8 Å². The van der Waals surface area contributed by atoms with Gasteiger partial charge in [-0.15, -0.1) is 6.42 Å². The van der Waals surface area contributed by atoms with E-state index in [0.717, 1.165) is 18.5 Å². The van der Waals surface area contributed by atoms with Gasteiger partial charge in [-0.3, -0.25) is 9.59 Å². The number of nitrogens with one attached hydrogen (secondary N) is 2. The van der Waals surface area contributed by atoms with Crippen LogP contribution in [0.5, 0.6) is 5.75 Å². The number of pyridine rings is 1. The maximum atomic E-state index is 13.1. The lowest BCUT2D eigenvalue weighted by molar-refractivity contribution is 0.102. The minimum atomic E-state index is -0.533. The number of carbonyl (C=O) groups is 2. The number of aromatic nitrogens is 1. The average Bonchev–Trinajstić information content (AvgIpc) is 2.89. The lowest BCUT2D eigenvalue weighted by Crippen LogP contribution is -2.19. The van der Waals surface area contributed by atoms with E-state index in [1.165, 1.54) is 25.4 Å². The predicted molar refractivity (Wildman–Crippen MR) is 143 cm³/mol. The second-order valence-corrected chi connectivity index (χ2v) is 8.20. The van der Waals surface area contributed by atoms with Crippen molar-refractivity contribution in [2.75, 3.05) is 31.3 Å². The Balaban J connectivity index is 1.83. The lowest BCUT2D eigenvalue weighted by atomic mass is 10.1. The Labute approximate surface area is 215 Å². The molecule has 0 aliphatic rings. The molecule has 9 heteroatoms. The molecule has 0 aliphatic heterocycles. The average molecular weight is 504 g/mol. The molecule has 184 valence electrons. The molecule has 2 aromatic carbocycles. The molecular formula is C27H26ClN5O3. The molecule has 0 atom stereocenters. The van der Waals surface area contributed by atoms with Crippen LogP contribution < -0.4 is 15.4 Å². The summed E-state index contributed by atoms with van der Waals surface area (Å²) < 4.78 is 5.39. The zero-order valence-electron chi connectivity index (χ0n) is 20.2. The van der Waals surface area contributed by atoms with Crippen LogP contribution in [-0.4, -0.2) is 48.7 Å². The van der Waals surface area contributed by atoms with Crippen molar-refractivity contribution in [1.29, 1.82) is 0 Å². The van der Waals surface area contributed by atoms with Gasteiger partial charge >= 0.3 is 0 Å². The van der Waals surface area contributed by atoms with Crippen molar-refractivity contribution in [3.05, 3.63) is 82.0 Å². The molecule has 8 nitrogen and oxygen atoms in total. The molecule has 2 N–H and O–H groups in total. The molecule has 2 amide bonds. The molecule has 36 heavy (non-hydrogen) atoms. The first-order chi connectivity index (χ1) is 17.3. The molecule has 0 unspecified atom stereocenters. The summed E-state index contributed by atoms with van der Waals surface area (Å²) in [7, 11) is 3.32. The largest absolute Gasteiger partial charge is 0.494 e. The molecule has 0 spiro atoms. The Kier molecular flexibility index (Phi) is 9.03. The third-order valence-electron chi connectivity index (χ3n) is 5.07. The maximum absolute atomic E-state index is 13.1. The third kappa shape index (κ3) is 6.84. The van der Waals surface area contributed by atoms with Crippen molar-refractivity contribution in [2.45, 2.75) is 13.3 Å². The van der Waals surface area contributed by atoms with E-state index >= 15 is 0 Å². The molecule has 0 radical (unpaired) electrons. The molecule has 1 heterocycles. The first kappa shape index (κ1) is 26.3. The van der Waals surface area contributed by atoms with E-state index in [0.29, 0.717) is 11.1 Å². The number of nitrogens with zero attached hydrogens (tertiary/aromatic N) is 3. The van der Waals surface area contributed by atoms with Gasteiger partial charge in [0.05, 0.1) is 24.6 Å². The molecule has 0 fully saturated rings. The third-order valence-corrected chi connectivity index (χ3v) is 5.28. The fourth-order valence-corrected chi connectivity index (χ4v) is 3.45. The van der Waals surface area contributed by atoms with Gasteiger partial charge < -0.3 is 20.4 Å². The minimum absolute atomic E-state index is 0.109. The molecule has 0 bridgehead atoms. The monoisotopic (exact) mass is 503 g/mol. The SMILES string of the molecule is C#Cc1ccc(NC(=O)c2cc(Cl)cc(OC)c2NC(=O)c2ccc(C=NN(C)CCC)cc2)nc1. The van der Waals surface area contributed by atoms with Crippen molar-refractivity contribution >= 4 is 41.1 Å². The molecule has 0 saturated heterocycles. The number of ether oxygens (including phenoxy) is 1. The van der Waals surface area contributed by atoms with Crippen molar-refractivity contribution in [3.63, 3.8) is 0 Å². The number of carbonyl (C=O) groups excluding carboxylic acids is 2. The highest BCUT2D eigenvalue weighted by molar-refractivity contribution is 6.31.